The molecule has 0 bridgehead atoms. The second-order valence-corrected chi connectivity index (χ2v) is 9.60. The maximum Gasteiger partial charge on any atom is 0.331 e. The molecule has 1 aliphatic heterocycles. The van der Waals surface area contributed by atoms with Crippen LogP contribution in [0.1, 0.15) is 22.3 Å². The number of aryl methyl sites for hydroxylation is 3. The number of carboxylic acid groups (broad SMARTS) is 1. The van der Waals surface area contributed by atoms with Crippen molar-refractivity contribution >= 4 is 23.4 Å². The van der Waals surface area contributed by atoms with Crippen molar-refractivity contribution in [3.05, 3.63) is 95.1 Å². The van der Waals surface area contributed by atoms with Crippen LogP contribution >= 0.6 is 11.8 Å². The second kappa shape index (κ2) is 12.6. The minimum Gasteiger partial charge on any atom is -0.478 e. The molecule has 5 nitrogen and oxygen atoms in total. The zero-order valence-electron chi connectivity index (χ0n) is 20.9. The van der Waals surface area contributed by atoms with Gasteiger partial charge in [-0.05, 0) is 67.0 Å². The summed E-state index contributed by atoms with van der Waals surface area (Å²) in [7, 11) is 0. The first-order valence-corrected chi connectivity index (χ1v) is 12.9. The molecule has 184 valence electrons. The van der Waals surface area contributed by atoms with Gasteiger partial charge in [0.2, 0.25) is 0 Å². The highest BCUT2D eigenvalue weighted by atomic mass is 32.2. The van der Waals surface area contributed by atoms with Gasteiger partial charge < -0.3 is 10.4 Å². The SMILES string of the molecule is C=C(Cc1ccc(-c2cccc(NC3NCCN3)c2)cc1)C(=O)O.CSc1c(C)cc(C)cc1C. The lowest BCUT2D eigenvalue weighted by Gasteiger charge is -2.15. The largest absolute Gasteiger partial charge is 0.478 e. The number of thioether (sulfide) groups is 1. The van der Waals surface area contributed by atoms with Crippen molar-refractivity contribution in [2.45, 2.75) is 38.4 Å². The molecule has 3 aromatic carbocycles. The third kappa shape index (κ3) is 7.72. The molecule has 0 spiro atoms. The molecule has 1 saturated heterocycles. The van der Waals surface area contributed by atoms with E-state index in [4.69, 9.17) is 5.11 Å². The fraction of sp³-hybridized carbons (Fsp3) is 0.276. The predicted octanol–water partition coefficient (Wildman–Crippen LogP) is 5.76. The highest BCUT2D eigenvalue weighted by Gasteiger charge is 2.12. The average molecular weight is 490 g/mol. The van der Waals surface area contributed by atoms with Crippen molar-refractivity contribution in [2.24, 2.45) is 0 Å². The third-order valence-electron chi connectivity index (χ3n) is 5.81. The van der Waals surface area contributed by atoms with Gasteiger partial charge in [-0.1, -0.05) is 60.7 Å². The first-order valence-electron chi connectivity index (χ1n) is 11.7. The normalized spacial score (nSPS) is 13.1. The van der Waals surface area contributed by atoms with Crippen LogP contribution in [0.4, 0.5) is 5.69 Å². The van der Waals surface area contributed by atoms with Crippen molar-refractivity contribution in [2.75, 3.05) is 24.7 Å². The number of benzene rings is 3. The van der Waals surface area contributed by atoms with Gasteiger partial charge >= 0.3 is 5.97 Å². The van der Waals surface area contributed by atoms with Crippen LogP contribution in [0.25, 0.3) is 11.1 Å². The van der Waals surface area contributed by atoms with E-state index in [1.165, 1.54) is 21.6 Å². The molecule has 1 heterocycles. The summed E-state index contributed by atoms with van der Waals surface area (Å²) in [4.78, 5) is 12.3. The Bertz CT molecular complexity index is 1150. The van der Waals surface area contributed by atoms with Gasteiger partial charge in [0.1, 0.15) is 6.29 Å². The van der Waals surface area contributed by atoms with E-state index in [1.54, 1.807) is 0 Å². The van der Waals surface area contributed by atoms with Crippen LogP contribution in [0.5, 0.6) is 0 Å². The van der Waals surface area contributed by atoms with Crippen LogP contribution in [0.3, 0.4) is 0 Å². The van der Waals surface area contributed by atoms with Gasteiger partial charge in [0.25, 0.3) is 0 Å². The Morgan fingerprint density at radius 3 is 2.20 bits per heavy atom. The van der Waals surface area contributed by atoms with Crippen molar-refractivity contribution in [1.29, 1.82) is 0 Å². The van der Waals surface area contributed by atoms with Crippen LogP contribution in [-0.4, -0.2) is 36.7 Å². The zero-order chi connectivity index (χ0) is 25.4. The van der Waals surface area contributed by atoms with Gasteiger partial charge in [0.05, 0.1) is 0 Å². The van der Waals surface area contributed by atoms with E-state index in [0.29, 0.717) is 6.42 Å². The summed E-state index contributed by atoms with van der Waals surface area (Å²) in [6.07, 6.45) is 2.59. The molecule has 6 heteroatoms. The highest BCUT2D eigenvalue weighted by Crippen LogP contribution is 2.25. The highest BCUT2D eigenvalue weighted by molar-refractivity contribution is 7.98. The molecule has 4 N–H and O–H groups in total. The standard InChI is InChI=1S/C19H21N3O2.C10H14S/c1-13(18(23)24)11-14-5-7-15(8-6-14)16-3-2-4-17(12-16)22-19-20-9-10-21-19;1-7-5-8(2)10(11-4)9(3)6-7/h2-8,12,19-22H,1,9-11H2,(H,23,24);5-6H,1-4H3. The lowest BCUT2D eigenvalue weighted by atomic mass is 10.0. The molecule has 0 amide bonds. The summed E-state index contributed by atoms with van der Waals surface area (Å²) in [6.45, 7) is 12.0. The number of anilines is 1. The summed E-state index contributed by atoms with van der Waals surface area (Å²) >= 11 is 1.83. The Balaban J connectivity index is 0.000000261. The molecule has 35 heavy (non-hydrogen) atoms. The number of carbonyl (C=O) groups is 1. The Kier molecular flexibility index (Phi) is 9.55. The summed E-state index contributed by atoms with van der Waals surface area (Å²) in [5, 5.41) is 18.9. The Hall–Kier alpha value is -3.06. The van der Waals surface area contributed by atoms with Gasteiger partial charge in [-0.3, -0.25) is 10.6 Å². The van der Waals surface area contributed by atoms with Crippen LogP contribution < -0.4 is 16.0 Å². The van der Waals surface area contributed by atoms with Gasteiger partial charge in [0.15, 0.2) is 0 Å². The van der Waals surface area contributed by atoms with Crippen LogP contribution in [0.2, 0.25) is 0 Å². The number of aliphatic carboxylic acids is 1. The average Bonchev–Trinajstić information content (AvgIpc) is 3.33. The Morgan fingerprint density at radius 1 is 1.00 bits per heavy atom. The van der Waals surface area contributed by atoms with E-state index in [2.05, 4.69) is 73.8 Å². The number of nitrogens with one attached hydrogen (secondary N) is 3. The van der Waals surface area contributed by atoms with E-state index in [1.807, 2.05) is 48.2 Å². The molecule has 0 saturated carbocycles. The third-order valence-corrected chi connectivity index (χ3v) is 6.86. The molecule has 0 radical (unpaired) electrons. The molecule has 3 aromatic rings. The van der Waals surface area contributed by atoms with Crippen molar-refractivity contribution < 1.29 is 9.90 Å². The van der Waals surface area contributed by atoms with Gasteiger partial charge in [0, 0.05) is 35.7 Å². The molecule has 0 unspecified atom stereocenters. The quantitative estimate of drug-likeness (QED) is 0.250. The predicted molar refractivity (Wildman–Crippen MR) is 148 cm³/mol. The molecule has 0 aliphatic carbocycles. The van der Waals surface area contributed by atoms with E-state index >= 15 is 0 Å². The van der Waals surface area contributed by atoms with Gasteiger partial charge in [-0.2, -0.15) is 0 Å². The number of carboxylic acids is 1. The van der Waals surface area contributed by atoms with Crippen molar-refractivity contribution in [1.82, 2.24) is 10.6 Å². The maximum atomic E-state index is 10.9. The monoisotopic (exact) mass is 489 g/mol. The van der Waals surface area contributed by atoms with Crippen LogP contribution in [-0.2, 0) is 11.2 Å². The fourth-order valence-corrected chi connectivity index (χ4v) is 4.95. The van der Waals surface area contributed by atoms with Gasteiger partial charge in [-0.15, -0.1) is 11.8 Å². The lowest BCUT2D eigenvalue weighted by molar-refractivity contribution is -0.132. The molecule has 1 fully saturated rings. The summed E-state index contributed by atoms with van der Waals surface area (Å²) < 4.78 is 0. The van der Waals surface area contributed by atoms with Crippen LogP contribution in [0, 0.1) is 20.8 Å². The molecule has 0 aromatic heterocycles. The van der Waals surface area contributed by atoms with E-state index in [-0.39, 0.29) is 11.9 Å². The van der Waals surface area contributed by atoms with Gasteiger partial charge in [-0.25, -0.2) is 4.79 Å². The first kappa shape index (κ1) is 26.5. The zero-order valence-corrected chi connectivity index (χ0v) is 21.8. The summed E-state index contributed by atoms with van der Waals surface area (Å²) in [5.74, 6) is -0.952. The number of hydrogen-bond donors (Lipinski definition) is 4. The Morgan fingerprint density at radius 2 is 1.63 bits per heavy atom. The maximum absolute atomic E-state index is 10.9. The second-order valence-electron chi connectivity index (χ2n) is 8.78. The van der Waals surface area contributed by atoms with E-state index in [0.717, 1.165) is 35.5 Å². The topological polar surface area (TPSA) is 73.4 Å². The first-order chi connectivity index (χ1) is 16.8. The summed E-state index contributed by atoms with van der Waals surface area (Å²) in [6, 6.07) is 20.6. The van der Waals surface area contributed by atoms with E-state index < -0.39 is 5.97 Å². The van der Waals surface area contributed by atoms with E-state index in [9.17, 15) is 4.79 Å². The number of rotatable bonds is 7. The van der Waals surface area contributed by atoms with Crippen molar-refractivity contribution in [3.8, 4) is 11.1 Å². The minimum atomic E-state index is -0.952. The van der Waals surface area contributed by atoms with Crippen molar-refractivity contribution in [3.63, 3.8) is 0 Å². The lowest BCUT2D eigenvalue weighted by Crippen LogP contribution is -2.38. The molecular formula is C29H35N3O2S. The molecule has 0 atom stereocenters. The smallest absolute Gasteiger partial charge is 0.331 e. The summed E-state index contributed by atoms with van der Waals surface area (Å²) in [5.41, 5.74) is 8.55. The Labute approximate surface area is 213 Å². The fourth-order valence-electron chi connectivity index (χ4n) is 4.19. The minimum absolute atomic E-state index is 0.102. The van der Waals surface area contributed by atoms with Crippen LogP contribution in [0.15, 0.2) is 77.7 Å². The molecule has 1 aliphatic rings. The molecular weight excluding hydrogens is 454 g/mol. The molecule has 4 rings (SSSR count). The number of hydrogen-bond acceptors (Lipinski definition) is 5.